The van der Waals surface area contributed by atoms with E-state index in [-0.39, 0.29) is 6.61 Å². The van der Waals surface area contributed by atoms with Crippen molar-refractivity contribution in [2.75, 3.05) is 19.7 Å². The van der Waals surface area contributed by atoms with Gasteiger partial charge in [-0.15, -0.1) is 5.92 Å². The van der Waals surface area contributed by atoms with E-state index in [9.17, 15) is 0 Å². The van der Waals surface area contributed by atoms with Crippen molar-refractivity contribution in [3.63, 3.8) is 0 Å². The van der Waals surface area contributed by atoms with Gasteiger partial charge >= 0.3 is 0 Å². The summed E-state index contributed by atoms with van der Waals surface area (Å²) in [6.45, 7) is 4.06. The second-order valence-corrected chi connectivity index (χ2v) is 3.23. The van der Waals surface area contributed by atoms with Crippen LogP contribution in [0.3, 0.4) is 0 Å². The summed E-state index contributed by atoms with van der Waals surface area (Å²) in [5, 5.41) is 9.07. The number of nitrogens with zero attached hydrogens (tertiary/aromatic N) is 1. The molecule has 68 valence electrons. The van der Waals surface area contributed by atoms with Crippen molar-refractivity contribution >= 4 is 0 Å². The molecule has 0 aromatic heterocycles. The van der Waals surface area contributed by atoms with Gasteiger partial charge in [-0.25, -0.2) is 0 Å². The summed E-state index contributed by atoms with van der Waals surface area (Å²) in [6, 6.07) is 0.361. The molecule has 1 saturated heterocycles. The summed E-state index contributed by atoms with van der Waals surface area (Å²) < 4.78 is 0. The van der Waals surface area contributed by atoms with Crippen molar-refractivity contribution < 1.29 is 5.11 Å². The molecule has 1 heterocycles. The van der Waals surface area contributed by atoms with E-state index >= 15 is 0 Å². The highest BCUT2D eigenvalue weighted by molar-refractivity contribution is 4.99. The Hall–Kier alpha value is -0.520. The lowest BCUT2D eigenvalue weighted by Crippen LogP contribution is -2.41. The second kappa shape index (κ2) is 5.18. The Morgan fingerprint density at radius 1 is 1.50 bits per heavy atom. The van der Waals surface area contributed by atoms with E-state index in [2.05, 4.69) is 16.7 Å². The van der Waals surface area contributed by atoms with Gasteiger partial charge in [0.1, 0.15) is 0 Å². The molecule has 0 aliphatic carbocycles. The molecular formula is C10H17NO. The summed E-state index contributed by atoms with van der Waals surface area (Å²) in [7, 11) is 0. The van der Waals surface area contributed by atoms with E-state index in [4.69, 9.17) is 5.11 Å². The topological polar surface area (TPSA) is 23.5 Å². The van der Waals surface area contributed by atoms with Gasteiger partial charge in [0.15, 0.2) is 0 Å². The summed E-state index contributed by atoms with van der Waals surface area (Å²) in [5.41, 5.74) is 0. The molecule has 0 saturated carbocycles. The van der Waals surface area contributed by atoms with Crippen molar-refractivity contribution in [3.8, 4) is 11.8 Å². The second-order valence-electron chi connectivity index (χ2n) is 3.23. The van der Waals surface area contributed by atoms with E-state index < -0.39 is 0 Å². The van der Waals surface area contributed by atoms with Gasteiger partial charge in [0.25, 0.3) is 0 Å². The average Bonchev–Trinajstić information content (AvgIpc) is 2.15. The Morgan fingerprint density at radius 2 is 2.33 bits per heavy atom. The molecule has 1 unspecified atom stereocenters. The summed E-state index contributed by atoms with van der Waals surface area (Å²) in [5.74, 6) is 5.93. The number of hydrogen-bond donors (Lipinski definition) is 1. The number of piperidine rings is 1. The van der Waals surface area contributed by atoms with Crippen molar-refractivity contribution in [2.24, 2.45) is 0 Å². The first-order valence-electron chi connectivity index (χ1n) is 4.63. The summed E-state index contributed by atoms with van der Waals surface area (Å²) >= 11 is 0. The van der Waals surface area contributed by atoms with Gasteiger partial charge in [0, 0.05) is 6.04 Å². The van der Waals surface area contributed by atoms with Crippen LogP contribution in [0.5, 0.6) is 0 Å². The standard InChI is InChI=1S/C10H17NO/c1-2-3-7-11-8-5-4-6-10(11)9-12/h10,12H,4-9H2,1H3. The van der Waals surface area contributed by atoms with Crippen LogP contribution in [0, 0.1) is 11.8 Å². The van der Waals surface area contributed by atoms with Crippen LogP contribution < -0.4 is 0 Å². The highest BCUT2D eigenvalue weighted by atomic mass is 16.3. The molecule has 2 heteroatoms. The van der Waals surface area contributed by atoms with Crippen molar-refractivity contribution in [3.05, 3.63) is 0 Å². The van der Waals surface area contributed by atoms with Crippen LogP contribution >= 0.6 is 0 Å². The Balaban J connectivity index is 2.39. The lowest BCUT2D eigenvalue weighted by Gasteiger charge is -2.32. The third-order valence-electron chi connectivity index (χ3n) is 2.42. The molecule has 1 rings (SSSR count). The maximum absolute atomic E-state index is 9.07. The van der Waals surface area contributed by atoms with E-state index in [1.165, 1.54) is 12.8 Å². The fourth-order valence-electron chi connectivity index (χ4n) is 1.66. The Kier molecular flexibility index (Phi) is 4.13. The molecule has 0 bridgehead atoms. The van der Waals surface area contributed by atoms with Crippen LogP contribution in [-0.2, 0) is 0 Å². The van der Waals surface area contributed by atoms with Gasteiger partial charge in [-0.05, 0) is 26.3 Å². The molecule has 1 aliphatic rings. The molecule has 12 heavy (non-hydrogen) atoms. The molecule has 0 spiro atoms. The maximum atomic E-state index is 9.07. The van der Waals surface area contributed by atoms with Crippen LogP contribution in [0.25, 0.3) is 0 Å². The van der Waals surface area contributed by atoms with Crippen LogP contribution in [0.1, 0.15) is 26.2 Å². The normalized spacial score (nSPS) is 24.7. The van der Waals surface area contributed by atoms with Gasteiger partial charge in [-0.1, -0.05) is 12.3 Å². The molecule has 0 amide bonds. The summed E-state index contributed by atoms with van der Waals surface area (Å²) in [4.78, 5) is 2.28. The van der Waals surface area contributed by atoms with Crippen molar-refractivity contribution in [1.82, 2.24) is 4.90 Å². The number of aliphatic hydroxyl groups is 1. The minimum Gasteiger partial charge on any atom is -0.395 e. The fraction of sp³-hybridized carbons (Fsp3) is 0.800. The highest BCUT2D eigenvalue weighted by Gasteiger charge is 2.19. The molecule has 2 nitrogen and oxygen atoms in total. The Morgan fingerprint density at radius 3 is 3.00 bits per heavy atom. The van der Waals surface area contributed by atoms with Crippen molar-refractivity contribution in [2.45, 2.75) is 32.2 Å². The lowest BCUT2D eigenvalue weighted by molar-refractivity contribution is 0.103. The first-order chi connectivity index (χ1) is 5.88. The molecular weight excluding hydrogens is 150 g/mol. The Labute approximate surface area is 74.6 Å². The molecule has 1 N–H and O–H groups in total. The van der Waals surface area contributed by atoms with Crippen LogP contribution in [0.4, 0.5) is 0 Å². The number of aliphatic hydroxyl groups excluding tert-OH is 1. The first-order valence-corrected chi connectivity index (χ1v) is 4.63. The molecule has 1 atom stereocenters. The zero-order valence-corrected chi connectivity index (χ0v) is 7.71. The van der Waals surface area contributed by atoms with E-state index in [0.29, 0.717) is 6.04 Å². The van der Waals surface area contributed by atoms with Gasteiger partial charge in [-0.3, -0.25) is 4.90 Å². The minimum atomic E-state index is 0.283. The average molecular weight is 167 g/mol. The number of rotatable bonds is 2. The molecule has 1 fully saturated rings. The zero-order chi connectivity index (χ0) is 8.81. The van der Waals surface area contributed by atoms with E-state index in [1.54, 1.807) is 0 Å². The predicted molar refractivity (Wildman–Crippen MR) is 49.7 cm³/mol. The van der Waals surface area contributed by atoms with Crippen LogP contribution in [-0.4, -0.2) is 35.7 Å². The number of hydrogen-bond acceptors (Lipinski definition) is 2. The smallest absolute Gasteiger partial charge is 0.0604 e. The highest BCUT2D eigenvalue weighted by Crippen LogP contribution is 2.15. The monoisotopic (exact) mass is 167 g/mol. The molecule has 0 radical (unpaired) electrons. The third-order valence-corrected chi connectivity index (χ3v) is 2.42. The van der Waals surface area contributed by atoms with Crippen molar-refractivity contribution in [1.29, 1.82) is 0 Å². The molecule has 0 aromatic carbocycles. The maximum Gasteiger partial charge on any atom is 0.0604 e. The van der Waals surface area contributed by atoms with Gasteiger partial charge in [0.05, 0.1) is 13.2 Å². The zero-order valence-electron chi connectivity index (χ0n) is 7.71. The minimum absolute atomic E-state index is 0.283. The van der Waals surface area contributed by atoms with Gasteiger partial charge in [-0.2, -0.15) is 0 Å². The number of likely N-dealkylation sites (tertiary alicyclic amines) is 1. The van der Waals surface area contributed by atoms with Crippen LogP contribution in [0.15, 0.2) is 0 Å². The molecule has 0 aromatic rings. The largest absolute Gasteiger partial charge is 0.395 e. The van der Waals surface area contributed by atoms with Gasteiger partial charge < -0.3 is 5.11 Å². The Bertz CT molecular complexity index is 180. The lowest BCUT2D eigenvalue weighted by atomic mass is 10.0. The van der Waals surface area contributed by atoms with Crippen LogP contribution in [0.2, 0.25) is 0 Å². The summed E-state index contributed by atoms with van der Waals surface area (Å²) in [6.07, 6.45) is 3.63. The third kappa shape index (κ3) is 2.51. The predicted octanol–water partition coefficient (Wildman–Crippen LogP) is 0.857. The quantitative estimate of drug-likeness (QED) is 0.616. The van der Waals surface area contributed by atoms with E-state index in [1.807, 2.05) is 6.92 Å². The van der Waals surface area contributed by atoms with E-state index in [0.717, 1.165) is 19.5 Å². The fourth-order valence-corrected chi connectivity index (χ4v) is 1.66. The first kappa shape index (κ1) is 9.57. The molecule has 1 aliphatic heterocycles. The van der Waals surface area contributed by atoms with Gasteiger partial charge in [0.2, 0.25) is 0 Å². The SMILES string of the molecule is CC#CCN1CCCCC1CO.